The van der Waals surface area contributed by atoms with E-state index < -0.39 is 0 Å². The van der Waals surface area contributed by atoms with E-state index in [9.17, 15) is 4.79 Å². The number of carbonyl (C=O) groups is 1. The second-order valence-electron chi connectivity index (χ2n) is 6.40. The fraction of sp³-hybridized carbons (Fsp3) is 0.562. The molecule has 3 aliphatic rings. The first-order valence-electron chi connectivity index (χ1n) is 7.31. The number of nitrogens with zero attached hydrogens (tertiary/aromatic N) is 1. The molecule has 1 aromatic carbocycles. The highest BCUT2D eigenvalue weighted by Crippen LogP contribution is 2.57. The Hall–Kier alpha value is -1.35. The topological polar surface area (TPSA) is 32.3 Å². The van der Waals surface area contributed by atoms with E-state index in [2.05, 4.69) is 41.4 Å². The minimum Gasteiger partial charge on any atom is -0.345 e. The number of anilines is 1. The molecule has 4 rings (SSSR count). The van der Waals surface area contributed by atoms with Gasteiger partial charge in [-0.25, -0.2) is 0 Å². The Morgan fingerprint density at radius 2 is 2.00 bits per heavy atom. The van der Waals surface area contributed by atoms with Gasteiger partial charge in [0, 0.05) is 11.1 Å². The molecular weight excluding hydrogens is 236 g/mol. The average molecular weight is 256 g/mol. The zero-order valence-corrected chi connectivity index (χ0v) is 11.4. The highest BCUT2D eigenvalue weighted by Gasteiger charge is 2.61. The van der Waals surface area contributed by atoms with Gasteiger partial charge in [0.2, 0.25) is 0 Å². The second-order valence-corrected chi connectivity index (χ2v) is 6.40. The van der Waals surface area contributed by atoms with Crippen molar-refractivity contribution in [2.75, 3.05) is 18.0 Å². The molecule has 0 amide bonds. The van der Waals surface area contributed by atoms with Gasteiger partial charge in [-0.15, -0.1) is 0 Å². The van der Waals surface area contributed by atoms with Crippen molar-refractivity contribution in [3.63, 3.8) is 0 Å². The molecule has 3 nitrogen and oxygen atoms in total. The summed E-state index contributed by atoms with van der Waals surface area (Å²) in [5, 5.41) is 3.61. The molecule has 0 bridgehead atoms. The Balaban J connectivity index is 1.95. The lowest BCUT2D eigenvalue weighted by Gasteiger charge is -2.54. The van der Waals surface area contributed by atoms with E-state index in [1.54, 1.807) is 0 Å². The smallest absolute Gasteiger partial charge is 0.165 e. The van der Waals surface area contributed by atoms with Crippen LogP contribution in [0.4, 0.5) is 5.69 Å². The molecule has 2 aliphatic heterocycles. The van der Waals surface area contributed by atoms with Crippen LogP contribution in [0.5, 0.6) is 0 Å². The summed E-state index contributed by atoms with van der Waals surface area (Å²) in [6.07, 6.45) is 4.89. The quantitative estimate of drug-likeness (QED) is 0.772. The van der Waals surface area contributed by atoms with Gasteiger partial charge in [-0.1, -0.05) is 31.5 Å². The highest BCUT2D eigenvalue weighted by molar-refractivity contribution is 5.89. The summed E-state index contributed by atoms with van der Waals surface area (Å²) < 4.78 is 0. The first-order chi connectivity index (χ1) is 9.17. The zero-order valence-electron chi connectivity index (χ0n) is 11.4. The van der Waals surface area contributed by atoms with E-state index in [0.717, 1.165) is 6.42 Å². The summed E-state index contributed by atoms with van der Waals surface area (Å²) in [4.78, 5) is 14.2. The number of para-hydroxylation sites is 1. The number of fused-ring (bicyclic) bond motifs is 3. The molecule has 1 spiro atoms. The molecule has 1 N–H and O–H groups in total. The third-order valence-corrected chi connectivity index (χ3v) is 5.54. The lowest BCUT2D eigenvalue weighted by molar-refractivity contribution is -0.119. The van der Waals surface area contributed by atoms with Gasteiger partial charge in [-0.3, -0.25) is 10.1 Å². The molecule has 1 aliphatic carbocycles. The summed E-state index contributed by atoms with van der Waals surface area (Å²) >= 11 is 0. The van der Waals surface area contributed by atoms with Crippen molar-refractivity contribution in [3.05, 3.63) is 29.8 Å². The number of nitrogens with one attached hydrogen (secondary N) is 1. The van der Waals surface area contributed by atoms with Gasteiger partial charge in [-0.05, 0) is 30.9 Å². The van der Waals surface area contributed by atoms with Gasteiger partial charge in [0.1, 0.15) is 5.66 Å². The van der Waals surface area contributed by atoms with Gasteiger partial charge in [0.25, 0.3) is 0 Å². The van der Waals surface area contributed by atoms with Crippen molar-refractivity contribution in [1.82, 2.24) is 5.32 Å². The third-order valence-electron chi connectivity index (χ3n) is 5.54. The van der Waals surface area contributed by atoms with Crippen LogP contribution in [0.3, 0.4) is 0 Å². The second kappa shape index (κ2) is 3.60. The maximum absolute atomic E-state index is 11.9. The van der Waals surface area contributed by atoms with Crippen molar-refractivity contribution in [2.45, 2.75) is 43.7 Å². The van der Waals surface area contributed by atoms with E-state index in [1.165, 1.54) is 30.5 Å². The van der Waals surface area contributed by atoms with Crippen LogP contribution < -0.4 is 10.2 Å². The van der Waals surface area contributed by atoms with E-state index in [0.29, 0.717) is 18.9 Å². The Kier molecular flexibility index (Phi) is 2.17. The zero-order chi connectivity index (χ0) is 13.1. The fourth-order valence-corrected chi connectivity index (χ4v) is 4.59. The molecule has 1 aromatic rings. The van der Waals surface area contributed by atoms with Gasteiger partial charge >= 0.3 is 0 Å². The van der Waals surface area contributed by atoms with Gasteiger partial charge in [-0.2, -0.15) is 0 Å². The maximum Gasteiger partial charge on any atom is 0.165 e. The van der Waals surface area contributed by atoms with E-state index in [-0.39, 0.29) is 11.1 Å². The van der Waals surface area contributed by atoms with E-state index >= 15 is 0 Å². The minimum absolute atomic E-state index is 0.0250. The lowest BCUT2D eigenvalue weighted by atomic mass is 9.64. The van der Waals surface area contributed by atoms with Crippen molar-refractivity contribution in [3.8, 4) is 0 Å². The first-order valence-corrected chi connectivity index (χ1v) is 7.31. The number of rotatable bonds is 0. The van der Waals surface area contributed by atoms with Crippen LogP contribution in [0.2, 0.25) is 0 Å². The summed E-state index contributed by atoms with van der Waals surface area (Å²) in [5.74, 6) is 0.301. The predicted octanol–water partition coefficient (Wildman–Crippen LogP) is 2.21. The molecule has 19 heavy (non-hydrogen) atoms. The Labute approximate surface area is 114 Å². The number of hydrogen-bond donors (Lipinski definition) is 1. The third kappa shape index (κ3) is 1.24. The van der Waals surface area contributed by atoms with Crippen molar-refractivity contribution in [1.29, 1.82) is 0 Å². The molecule has 1 saturated carbocycles. The lowest BCUT2D eigenvalue weighted by Crippen LogP contribution is -2.72. The van der Waals surface area contributed by atoms with Gasteiger partial charge in [0.05, 0.1) is 13.1 Å². The summed E-state index contributed by atoms with van der Waals surface area (Å²) in [7, 11) is 0. The van der Waals surface area contributed by atoms with Crippen LogP contribution in [0.1, 0.15) is 38.2 Å². The molecule has 0 aromatic heterocycles. The SMILES string of the molecule is C[C@@]12CCCC[C@@]13NCC(=O)CN3c1ccccc12. The Bertz CT molecular complexity index is 555. The van der Waals surface area contributed by atoms with Gasteiger partial charge < -0.3 is 4.90 Å². The predicted molar refractivity (Wildman–Crippen MR) is 75.3 cm³/mol. The Morgan fingerprint density at radius 1 is 1.21 bits per heavy atom. The molecular formula is C16H20N2O. The summed E-state index contributed by atoms with van der Waals surface area (Å²) in [6.45, 7) is 3.48. The first kappa shape index (κ1) is 11.5. The number of ketones is 1. The van der Waals surface area contributed by atoms with Crippen LogP contribution in [0.25, 0.3) is 0 Å². The average Bonchev–Trinajstić information content (AvgIpc) is 2.66. The van der Waals surface area contributed by atoms with Crippen molar-refractivity contribution < 1.29 is 4.79 Å². The Morgan fingerprint density at radius 3 is 2.89 bits per heavy atom. The molecule has 0 unspecified atom stereocenters. The van der Waals surface area contributed by atoms with Crippen molar-refractivity contribution in [2.24, 2.45) is 0 Å². The number of hydrogen-bond acceptors (Lipinski definition) is 3. The van der Waals surface area contributed by atoms with Crippen LogP contribution in [0.15, 0.2) is 24.3 Å². The van der Waals surface area contributed by atoms with Crippen LogP contribution in [-0.4, -0.2) is 24.5 Å². The molecule has 3 heteroatoms. The van der Waals surface area contributed by atoms with Crippen LogP contribution >= 0.6 is 0 Å². The minimum atomic E-state index is -0.0250. The number of carbonyl (C=O) groups excluding carboxylic acids is 1. The molecule has 2 atom stereocenters. The molecule has 0 radical (unpaired) electrons. The molecule has 2 heterocycles. The molecule has 1 saturated heterocycles. The number of benzene rings is 1. The van der Waals surface area contributed by atoms with Gasteiger partial charge in [0.15, 0.2) is 5.78 Å². The maximum atomic E-state index is 11.9. The van der Waals surface area contributed by atoms with E-state index in [1.807, 2.05) is 0 Å². The van der Waals surface area contributed by atoms with Crippen molar-refractivity contribution >= 4 is 11.5 Å². The molecule has 100 valence electrons. The fourth-order valence-electron chi connectivity index (χ4n) is 4.59. The normalized spacial score (nSPS) is 36.7. The molecule has 2 fully saturated rings. The van der Waals surface area contributed by atoms with Crippen LogP contribution in [0, 0.1) is 0 Å². The standard InChI is InChI=1S/C16H20N2O/c1-15-8-4-5-9-16(15)17-10-12(19)11-18(16)14-7-3-2-6-13(14)15/h2-3,6-7,17H,4-5,8-11H2,1H3/t15-,16-/m0/s1. The van der Waals surface area contributed by atoms with E-state index in [4.69, 9.17) is 0 Å². The summed E-state index contributed by atoms with van der Waals surface area (Å²) in [5.41, 5.74) is 2.81. The van der Waals surface area contributed by atoms with Crippen LogP contribution in [-0.2, 0) is 10.2 Å². The summed E-state index contributed by atoms with van der Waals surface area (Å²) in [6, 6.07) is 8.66. The monoisotopic (exact) mass is 256 g/mol. The number of Topliss-reactive ketones (excluding diaryl/α,β-unsaturated/α-hetero) is 1. The largest absolute Gasteiger partial charge is 0.345 e. The highest BCUT2D eigenvalue weighted by atomic mass is 16.1.